The van der Waals surface area contributed by atoms with Crippen LogP contribution in [0, 0.1) is 5.82 Å². The molecule has 0 radical (unpaired) electrons. The van der Waals surface area contributed by atoms with E-state index in [1.807, 2.05) is 0 Å². The number of aromatic nitrogens is 3. The van der Waals surface area contributed by atoms with E-state index in [0.29, 0.717) is 0 Å². The van der Waals surface area contributed by atoms with Gasteiger partial charge >= 0.3 is 5.97 Å². The monoisotopic (exact) mass is 221 g/mol. The first-order chi connectivity index (χ1) is 7.59. The molecule has 1 aromatic carbocycles. The molecule has 1 aromatic heterocycles. The summed E-state index contributed by atoms with van der Waals surface area (Å²) >= 11 is 0. The maximum atomic E-state index is 13.5. The zero-order valence-corrected chi connectivity index (χ0v) is 8.38. The van der Waals surface area contributed by atoms with Crippen molar-refractivity contribution in [1.82, 2.24) is 15.0 Å². The third kappa shape index (κ3) is 1.65. The first-order valence-electron chi connectivity index (χ1n) is 4.49. The second kappa shape index (κ2) is 3.73. The van der Waals surface area contributed by atoms with E-state index in [-0.39, 0.29) is 17.0 Å². The first kappa shape index (κ1) is 10.3. The van der Waals surface area contributed by atoms with E-state index in [1.54, 1.807) is 6.07 Å². The van der Waals surface area contributed by atoms with Crippen molar-refractivity contribution < 1.29 is 14.3 Å². The lowest BCUT2D eigenvalue weighted by Crippen LogP contribution is -2.01. The standard InChI is InChI=1S/C10H8FN3O2/c1-14-12-8(9(13-14)10(15)16)6-4-2-3-5-7(6)11/h2-5H,1H3,(H,15,16). The largest absolute Gasteiger partial charge is 0.476 e. The Hall–Kier alpha value is -2.24. The lowest BCUT2D eigenvalue weighted by Gasteiger charge is -1.98. The zero-order valence-electron chi connectivity index (χ0n) is 8.38. The van der Waals surface area contributed by atoms with Gasteiger partial charge in [0.25, 0.3) is 0 Å². The van der Waals surface area contributed by atoms with Gasteiger partial charge in [-0.3, -0.25) is 0 Å². The van der Waals surface area contributed by atoms with Gasteiger partial charge in [-0.05, 0) is 12.1 Å². The van der Waals surface area contributed by atoms with Gasteiger partial charge in [-0.1, -0.05) is 12.1 Å². The topological polar surface area (TPSA) is 68.0 Å². The van der Waals surface area contributed by atoms with Crippen molar-refractivity contribution in [3.8, 4) is 11.3 Å². The predicted octanol–water partition coefficient (Wildman–Crippen LogP) is 1.32. The van der Waals surface area contributed by atoms with Crippen LogP contribution in [0.5, 0.6) is 0 Å². The van der Waals surface area contributed by atoms with Crippen LogP contribution in [-0.4, -0.2) is 26.1 Å². The summed E-state index contributed by atoms with van der Waals surface area (Å²) in [5, 5.41) is 16.4. The minimum atomic E-state index is -1.23. The third-order valence-electron chi connectivity index (χ3n) is 2.05. The van der Waals surface area contributed by atoms with E-state index in [9.17, 15) is 9.18 Å². The molecule has 0 aliphatic carbocycles. The molecular formula is C10H8FN3O2. The Morgan fingerprint density at radius 3 is 2.69 bits per heavy atom. The average Bonchev–Trinajstić information content (AvgIpc) is 2.61. The van der Waals surface area contributed by atoms with Crippen LogP contribution in [0.15, 0.2) is 24.3 Å². The molecule has 0 saturated heterocycles. The number of hydrogen-bond acceptors (Lipinski definition) is 3. The lowest BCUT2D eigenvalue weighted by molar-refractivity contribution is 0.0690. The van der Waals surface area contributed by atoms with Crippen LogP contribution >= 0.6 is 0 Å². The van der Waals surface area contributed by atoms with Crippen molar-refractivity contribution in [3.63, 3.8) is 0 Å². The molecule has 0 aliphatic rings. The van der Waals surface area contributed by atoms with E-state index < -0.39 is 11.8 Å². The van der Waals surface area contributed by atoms with Gasteiger partial charge in [0.05, 0.1) is 0 Å². The molecule has 6 heteroatoms. The number of aromatic carboxylic acids is 1. The van der Waals surface area contributed by atoms with Crippen LogP contribution in [0.25, 0.3) is 11.3 Å². The molecule has 0 atom stereocenters. The highest BCUT2D eigenvalue weighted by atomic mass is 19.1. The second-order valence-electron chi connectivity index (χ2n) is 3.17. The maximum Gasteiger partial charge on any atom is 0.358 e. The molecule has 2 aromatic rings. The van der Waals surface area contributed by atoms with Crippen LogP contribution in [0.4, 0.5) is 4.39 Å². The molecule has 0 fully saturated rings. The normalized spacial score (nSPS) is 10.4. The molecule has 0 saturated carbocycles. The summed E-state index contributed by atoms with van der Waals surface area (Å²) in [5.41, 5.74) is -0.0892. The number of halogens is 1. The van der Waals surface area contributed by atoms with Gasteiger partial charge in [0.15, 0.2) is 5.69 Å². The fraction of sp³-hybridized carbons (Fsp3) is 0.100. The molecule has 0 spiro atoms. The van der Waals surface area contributed by atoms with Crippen LogP contribution in [0.3, 0.4) is 0 Å². The van der Waals surface area contributed by atoms with E-state index >= 15 is 0 Å². The summed E-state index contributed by atoms with van der Waals surface area (Å²) in [6, 6.07) is 5.84. The SMILES string of the molecule is Cn1nc(C(=O)O)c(-c2ccccc2F)n1. The Morgan fingerprint density at radius 2 is 2.06 bits per heavy atom. The van der Waals surface area contributed by atoms with Crippen molar-refractivity contribution in [2.75, 3.05) is 0 Å². The fourth-order valence-electron chi connectivity index (χ4n) is 1.39. The molecule has 1 heterocycles. The number of benzene rings is 1. The average molecular weight is 221 g/mol. The predicted molar refractivity (Wildman–Crippen MR) is 53.4 cm³/mol. The van der Waals surface area contributed by atoms with E-state index in [1.165, 1.54) is 25.2 Å². The van der Waals surface area contributed by atoms with E-state index in [0.717, 1.165) is 4.80 Å². The Morgan fingerprint density at radius 1 is 1.38 bits per heavy atom. The van der Waals surface area contributed by atoms with Crippen LogP contribution in [0.2, 0.25) is 0 Å². The van der Waals surface area contributed by atoms with E-state index in [2.05, 4.69) is 10.2 Å². The van der Waals surface area contributed by atoms with Gasteiger partial charge in [-0.2, -0.15) is 9.90 Å². The molecule has 5 nitrogen and oxygen atoms in total. The summed E-state index contributed by atoms with van der Waals surface area (Å²) in [5.74, 6) is -1.75. The Labute approximate surface area is 90.1 Å². The van der Waals surface area contributed by atoms with Crippen molar-refractivity contribution in [2.45, 2.75) is 0 Å². The van der Waals surface area contributed by atoms with Gasteiger partial charge in [0.1, 0.15) is 11.5 Å². The number of carboxylic acids is 1. The van der Waals surface area contributed by atoms with Crippen LogP contribution < -0.4 is 0 Å². The molecule has 0 amide bonds. The van der Waals surface area contributed by atoms with Crippen LogP contribution in [-0.2, 0) is 7.05 Å². The Bertz CT molecular complexity index is 551. The van der Waals surface area contributed by atoms with E-state index in [4.69, 9.17) is 5.11 Å². The molecule has 0 aliphatic heterocycles. The minimum absolute atomic E-state index is 0.0353. The van der Waals surface area contributed by atoms with Crippen molar-refractivity contribution in [2.24, 2.45) is 7.05 Å². The number of carbonyl (C=O) groups is 1. The smallest absolute Gasteiger partial charge is 0.358 e. The summed E-state index contributed by atoms with van der Waals surface area (Å²) < 4.78 is 13.5. The van der Waals surface area contributed by atoms with Crippen molar-refractivity contribution in [3.05, 3.63) is 35.8 Å². The van der Waals surface area contributed by atoms with Gasteiger partial charge in [-0.25, -0.2) is 9.18 Å². The molecule has 16 heavy (non-hydrogen) atoms. The summed E-state index contributed by atoms with van der Waals surface area (Å²) in [6.45, 7) is 0. The molecule has 2 rings (SSSR count). The highest BCUT2D eigenvalue weighted by Gasteiger charge is 2.20. The quantitative estimate of drug-likeness (QED) is 0.830. The van der Waals surface area contributed by atoms with Crippen molar-refractivity contribution >= 4 is 5.97 Å². The zero-order chi connectivity index (χ0) is 11.7. The molecule has 82 valence electrons. The lowest BCUT2D eigenvalue weighted by atomic mass is 10.1. The van der Waals surface area contributed by atoms with Gasteiger partial charge in [0, 0.05) is 12.6 Å². The maximum absolute atomic E-state index is 13.5. The molecule has 1 N–H and O–H groups in total. The van der Waals surface area contributed by atoms with Crippen molar-refractivity contribution in [1.29, 1.82) is 0 Å². The first-order valence-corrected chi connectivity index (χ1v) is 4.49. The minimum Gasteiger partial charge on any atom is -0.476 e. The molecule has 0 unspecified atom stereocenters. The van der Waals surface area contributed by atoms with Gasteiger partial charge < -0.3 is 5.11 Å². The van der Waals surface area contributed by atoms with Gasteiger partial charge in [-0.15, -0.1) is 5.10 Å². The number of aryl methyl sites for hydroxylation is 1. The third-order valence-corrected chi connectivity index (χ3v) is 2.05. The number of hydrogen-bond donors (Lipinski definition) is 1. The highest BCUT2D eigenvalue weighted by Crippen LogP contribution is 2.22. The van der Waals surface area contributed by atoms with Gasteiger partial charge in [0.2, 0.25) is 0 Å². The number of rotatable bonds is 2. The summed E-state index contributed by atoms with van der Waals surface area (Å²) in [4.78, 5) is 12.0. The summed E-state index contributed by atoms with van der Waals surface area (Å²) in [6.07, 6.45) is 0. The summed E-state index contributed by atoms with van der Waals surface area (Å²) in [7, 11) is 1.48. The Balaban J connectivity index is 2.64. The molecular weight excluding hydrogens is 213 g/mol. The van der Waals surface area contributed by atoms with Crippen LogP contribution in [0.1, 0.15) is 10.5 Å². The number of carboxylic acid groups (broad SMARTS) is 1. The number of nitrogens with zero attached hydrogens (tertiary/aromatic N) is 3. The fourth-order valence-corrected chi connectivity index (χ4v) is 1.39. The highest BCUT2D eigenvalue weighted by molar-refractivity contribution is 5.92. The molecule has 0 bridgehead atoms. The Kier molecular flexibility index (Phi) is 2.40. The second-order valence-corrected chi connectivity index (χ2v) is 3.17.